The van der Waals surface area contributed by atoms with Crippen LogP contribution in [0.15, 0.2) is 52.9 Å². The van der Waals surface area contributed by atoms with Crippen LogP contribution in [0.3, 0.4) is 0 Å². The number of likely N-dealkylation sites (N-methyl/N-ethyl adjacent to an activating group) is 1. The van der Waals surface area contributed by atoms with Gasteiger partial charge in [-0.1, -0.05) is 17.7 Å². The summed E-state index contributed by atoms with van der Waals surface area (Å²) in [7, 11) is 2.14. The van der Waals surface area contributed by atoms with E-state index in [1.807, 2.05) is 55.5 Å². The summed E-state index contributed by atoms with van der Waals surface area (Å²) in [5.41, 5.74) is 3.78. The van der Waals surface area contributed by atoms with E-state index >= 15 is 0 Å². The molecule has 1 aliphatic heterocycles. The van der Waals surface area contributed by atoms with Crippen LogP contribution in [0.1, 0.15) is 16.2 Å². The molecular weight excluding hydrogens is 354 g/mol. The fraction of sp³-hybridized carbons (Fsp3) is 0.286. The Morgan fingerprint density at radius 2 is 1.64 bits per heavy atom. The van der Waals surface area contributed by atoms with E-state index in [1.54, 1.807) is 0 Å². The van der Waals surface area contributed by atoms with Gasteiger partial charge in [0.2, 0.25) is 5.89 Å². The van der Waals surface area contributed by atoms with Gasteiger partial charge in [0, 0.05) is 43.1 Å². The number of hydrogen-bond acceptors (Lipinski definition) is 6. The molecule has 144 valence electrons. The highest BCUT2D eigenvalue weighted by Gasteiger charge is 2.17. The summed E-state index contributed by atoms with van der Waals surface area (Å²) in [6, 6.07) is 15.5. The Labute approximate surface area is 164 Å². The smallest absolute Gasteiger partial charge is 0.313 e. The number of rotatable bonds is 4. The molecule has 0 bridgehead atoms. The Balaban J connectivity index is 1.40. The van der Waals surface area contributed by atoms with Crippen LogP contribution in [-0.2, 0) is 0 Å². The molecule has 1 aromatic heterocycles. The summed E-state index contributed by atoms with van der Waals surface area (Å²) in [5.74, 6) is -0.146. The minimum Gasteiger partial charge on any atom is -0.412 e. The van der Waals surface area contributed by atoms with Gasteiger partial charge in [0.15, 0.2) is 0 Å². The molecule has 0 unspecified atom stereocenters. The van der Waals surface area contributed by atoms with E-state index in [2.05, 4.69) is 32.4 Å². The number of anilines is 2. The van der Waals surface area contributed by atoms with Crippen LogP contribution in [0.2, 0.25) is 0 Å². The minimum atomic E-state index is -0.418. The highest BCUT2D eigenvalue weighted by molar-refractivity contribution is 6.01. The molecule has 1 amide bonds. The normalized spacial score (nSPS) is 14.9. The number of aryl methyl sites for hydroxylation is 1. The van der Waals surface area contributed by atoms with E-state index in [0.29, 0.717) is 11.6 Å². The van der Waals surface area contributed by atoms with E-state index in [4.69, 9.17) is 4.42 Å². The van der Waals surface area contributed by atoms with Gasteiger partial charge in [0.25, 0.3) is 0 Å². The van der Waals surface area contributed by atoms with Gasteiger partial charge in [-0.05, 0) is 50.4 Å². The third-order valence-corrected chi connectivity index (χ3v) is 4.91. The zero-order chi connectivity index (χ0) is 19.5. The molecule has 2 heterocycles. The number of benzene rings is 2. The van der Waals surface area contributed by atoms with Crippen molar-refractivity contribution in [3.05, 3.63) is 60.0 Å². The van der Waals surface area contributed by atoms with Crippen LogP contribution < -0.4 is 10.2 Å². The van der Waals surface area contributed by atoms with E-state index < -0.39 is 5.91 Å². The molecule has 7 heteroatoms. The molecule has 1 N–H and O–H groups in total. The van der Waals surface area contributed by atoms with Crippen molar-refractivity contribution in [1.29, 1.82) is 0 Å². The Bertz CT molecular complexity index is 942. The Hall–Kier alpha value is -3.19. The van der Waals surface area contributed by atoms with Crippen molar-refractivity contribution in [3.63, 3.8) is 0 Å². The van der Waals surface area contributed by atoms with Crippen LogP contribution in [0.25, 0.3) is 11.5 Å². The standard InChI is InChI=1S/C21H23N5O2/c1-15-3-5-16(6-4-15)20-23-24-21(28-20)19(27)22-17-7-9-18(10-8-17)26-13-11-25(2)12-14-26/h3-10H,11-14H2,1-2H3,(H,22,27). The zero-order valence-electron chi connectivity index (χ0n) is 16.1. The number of aromatic nitrogens is 2. The maximum atomic E-state index is 12.4. The first-order chi connectivity index (χ1) is 13.6. The summed E-state index contributed by atoms with van der Waals surface area (Å²) in [6.45, 7) is 6.13. The average molecular weight is 377 g/mol. The van der Waals surface area contributed by atoms with Gasteiger partial charge in [-0.15, -0.1) is 10.2 Å². The van der Waals surface area contributed by atoms with Crippen LogP contribution in [0.4, 0.5) is 11.4 Å². The molecule has 1 saturated heterocycles. The third-order valence-electron chi connectivity index (χ3n) is 4.91. The van der Waals surface area contributed by atoms with Gasteiger partial charge < -0.3 is 19.5 Å². The Morgan fingerprint density at radius 3 is 2.32 bits per heavy atom. The van der Waals surface area contributed by atoms with Crippen molar-refractivity contribution in [2.24, 2.45) is 0 Å². The Morgan fingerprint density at radius 1 is 0.964 bits per heavy atom. The van der Waals surface area contributed by atoms with Crippen LogP contribution in [0.5, 0.6) is 0 Å². The molecule has 7 nitrogen and oxygen atoms in total. The molecule has 3 aromatic rings. The van der Waals surface area contributed by atoms with Crippen LogP contribution in [-0.4, -0.2) is 54.2 Å². The second kappa shape index (κ2) is 7.82. The largest absolute Gasteiger partial charge is 0.412 e. The number of nitrogens with zero attached hydrogens (tertiary/aromatic N) is 4. The van der Waals surface area contributed by atoms with Crippen molar-refractivity contribution < 1.29 is 9.21 Å². The van der Waals surface area contributed by atoms with Crippen molar-refractivity contribution in [2.45, 2.75) is 6.92 Å². The minimum absolute atomic E-state index is 0.0567. The topological polar surface area (TPSA) is 74.5 Å². The summed E-state index contributed by atoms with van der Waals surface area (Å²) in [4.78, 5) is 17.1. The maximum absolute atomic E-state index is 12.4. The van der Waals surface area contributed by atoms with Crippen molar-refractivity contribution in [2.75, 3.05) is 43.4 Å². The highest BCUT2D eigenvalue weighted by atomic mass is 16.4. The van der Waals surface area contributed by atoms with Gasteiger partial charge in [-0.25, -0.2) is 0 Å². The number of hydrogen-bond donors (Lipinski definition) is 1. The number of nitrogens with one attached hydrogen (secondary N) is 1. The van der Waals surface area contributed by atoms with Gasteiger partial charge in [0.1, 0.15) is 0 Å². The summed E-state index contributed by atoms with van der Waals surface area (Å²) >= 11 is 0. The molecule has 0 radical (unpaired) electrons. The second-order valence-corrected chi connectivity index (χ2v) is 7.07. The lowest BCUT2D eigenvalue weighted by molar-refractivity contribution is 0.0991. The fourth-order valence-electron chi connectivity index (χ4n) is 3.13. The molecule has 0 saturated carbocycles. The summed E-state index contributed by atoms with van der Waals surface area (Å²) in [6.07, 6.45) is 0. The van der Waals surface area contributed by atoms with Crippen LogP contribution in [0, 0.1) is 6.92 Å². The second-order valence-electron chi connectivity index (χ2n) is 7.07. The third kappa shape index (κ3) is 4.04. The van der Waals surface area contributed by atoms with Gasteiger partial charge >= 0.3 is 11.8 Å². The molecule has 1 aliphatic rings. The van der Waals surface area contributed by atoms with Crippen molar-refractivity contribution in [3.8, 4) is 11.5 Å². The first kappa shape index (κ1) is 18.2. The lowest BCUT2D eigenvalue weighted by atomic mass is 10.1. The van der Waals surface area contributed by atoms with E-state index in [1.165, 1.54) is 0 Å². The van der Waals surface area contributed by atoms with E-state index in [9.17, 15) is 4.79 Å². The van der Waals surface area contributed by atoms with E-state index in [0.717, 1.165) is 43.0 Å². The molecule has 4 rings (SSSR count). The molecule has 2 aromatic carbocycles. The van der Waals surface area contributed by atoms with Gasteiger partial charge in [-0.2, -0.15) is 0 Å². The highest BCUT2D eigenvalue weighted by Crippen LogP contribution is 2.21. The van der Waals surface area contributed by atoms with Gasteiger partial charge in [0.05, 0.1) is 0 Å². The SMILES string of the molecule is Cc1ccc(-c2nnc(C(=O)Nc3ccc(N4CCN(C)CC4)cc3)o2)cc1. The lowest BCUT2D eigenvalue weighted by Crippen LogP contribution is -2.44. The lowest BCUT2D eigenvalue weighted by Gasteiger charge is -2.34. The molecule has 0 aliphatic carbocycles. The van der Waals surface area contributed by atoms with Crippen molar-refractivity contribution in [1.82, 2.24) is 15.1 Å². The monoisotopic (exact) mass is 377 g/mol. The average Bonchev–Trinajstić information content (AvgIpc) is 3.20. The molecule has 0 spiro atoms. The number of piperazine rings is 1. The first-order valence-electron chi connectivity index (χ1n) is 9.34. The summed E-state index contributed by atoms with van der Waals surface area (Å²) < 4.78 is 5.53. The zero-order valence-corrected chi connectivity index (χ0v) is 16.1. The molecule has 1 fully saturated rings. The number of carbonyl (C=O) groups is 1. The number of amides is 1. The predicted octanol–water partition coefficient (Wildman–Crippen LogP) is 3.05. The molecule has 0 atom stereocenters. The first-order valence-corrected chi connectivity index (χ1v) is 9.34. The van der Waals surface area contributed by atoms with Crippen molar-refractivity contribution >= 4 is 17.3 Å². The van der Waals surface area contributed by atoms with E-state index in [-0.39, 0.29) is 5.89 Å². The maximum Gasteiger partial charge on any atom is 0.313 e. The predicted molar refractivity (Wildman–Crippen MR) is 109 cm³/mol. The Kier molecular flexibility index (Phi) is 5.08. The molecule has 28 heavy (non-hydrogen) atoms. The van der Waals surface area contributed by atoms with Gasteiger partial charge in [-0.3, -0.25) is 4.79 Å². The number of carbonyl (C=O) groups excluding carboxylic acids is 1. The summed E-state index contributed by atoms with van der Waals surface area (Å²) in [5, 5.41) is 10.6. The fourth-order valence-corrected chi connectivity index (χ4v) is 3.13. The molecular formula is C21H23N5O2. The van der Waals surface area contributed by atoms with Crippen LogP contribution >= 0.6 is 0 Å². The quantitative estimate of drug-likeness (QED) is 0.753.